The van der Waals surface area contributed by atoms with Gasteiger partial charge < -0.3 is 21.4 Å². The number of nitrogens with two attached hydrogens (primary N) is 1. The molecule has 3 heterocycles. The lowest BCUT2D eigenvalue weighted by atomic mass is 9.74. The second-order valence-electron chi connectivity index (χ2n) is 8.47. The molecule has 140 valence electrons. The average Bonchev–Trinajstić information content (AvgIpc) is 2.60. The molecule has 2 fully saturated rings. The van der Waals surface area contributed by atoms with Crippen molar-refractivity contribution in [1.82, 2.24) is 15.3 Å². The summed E-state index contributed by atoms with van der Waals surface area (Å²) in [4.78, 5) is 11.7. The zero-order valence-electron chi connectivity index (χ0n) is 15.8. The predicted octanol–water partition coefficient (Wildman–Crippen LogP) is 2.05. The van der Waals surface area contributed by atoms with Crippen LogP contribution in [-0.2, 0) is 12.8 Å². The second-order valence-corrected chi connectivity index (χ2v) is 8.47. The zero-order chi connectivity index (χ0) is 18.6. The lowest BCUT2D eigenvalue weighted by Gasteiger charge is -2.57. The van der Waals surface area contributed by atoms with Gasteiger partial charge in [-0.25, -0.2) is 9.97 Å². The number of aryl methyl sites for hydroxylation is 1. The molecule has 2 saturated heterocycles. The van der Waals surface area contributed by atoms with Crippen molar-refractivity contribution in [3.8, 4) is 0 Å². The molecular weight excluding hydrogens is 336 g/mol. The molecule has 1 aromatic carbocycles. The lowest BCUT2D eigenvalue weighted by Crippen LogP contribution is -2.71. The van der Waals surface area contributed by atoms with Gasteiger partial charge in [-0.05, 0) is 49.3 Å². The van der Waals surface area contributed by atoms with Gasteiger partial charge in [-0.2, -0.15) is 0 Å². The Balaban J connectivity index is 1.44. The molecule has 0 bridgehead atoms. The standard InChI is InChI=1S/C21H26N6/c1-13-2-5-17(23)16(7-22)19(13)14-3-4-15-18(6-14)25-12-26-20(15)27-10-21(11-27)8-24-9-21/h2,5,7,12,14,22,24H,3-4,6,8-11,23H2,1H3. The van der Waals surface area contributed by atoms with Crippen LogP contribution in [0.25, 0.3) is 0 Å². The van der Waals surface area contributed by atoms with Gasteiger partial charge in [-0.1, -0.05) is 6.07 Å². The molecule has 1 unspecified atom stereocenters. The quantitative estimate of drug-likeness (QED) is 0.574. The summed E-state index contributed by atoms with van der Waals surface area (Å²) in [6, 6.07) is 3.98. The van der Waals surface area contributed by atoms with Gasteiger partial charge in [0.05, 0.1) is 0 Å². The molecule has 1 spiro atoms. The molecule has 5 rings (SSSR count). The minimum absolute atomic E-state index is 0.360. The Morgan fingerprint density at radius 1 is 1.30 bits per heavy atom. The molecule has 1 atom stereocenters. The van der Waals surface area contributed by atoms with Gasteiger partial charge in [0.15, 0.2) is 0 Å². The highest BCUT2D eigenvalue weighted by molar-refractivity contribution is 5.88. The van der Waals surface area contributed by atoms with Gasteiger partial charge in [-0.3, -0.25) is 0 Å². The Morgan fingerprint density at radius 3 is 2.81 bits per heavy atom. The van der Waals surface area contributed by atoms with Gasteiger partial charge in [0, 0.05) is 60.3 Å². The van der Waals surface area contributed by atoms with E-state index in [9.17, 15) is 0 Å². The van der Waals surface area contributed by atoms with Gasteiger partial charge in [0.2, 0.25) is 0 Å². The Morgan fingerprint density at radius 2 is 2.11 bits per heavy atom. The largest absolute Gasteiger partial charge is 0.398 e. The molecule has 3 aliphatic rings. The minimum atomic E-state index is 0.360. The van der Waals surface area contributed by atoms with Crippen LogP contribution in [0, 0.1) is 17.7 Å². The summed E-state index contributed by atoms with van der Waals surface area (Å²) in [7, 11) is 0. The SMILES string of the molecule is Cc1ccc(N)c(C=N)c1C1CCc2c(ncnc2N2CC3(CNC3)C2)C1. The monoisotopic (exact) mass is 362 g/mol. The first kappa shape index (κ1) is 16.7. The second kappa shape index (κ2) is 6.02. The van der Waals surface area contributed by atoms with Gasteiger partial charge in [0.25, 0.3) is 0 Å². The van der Waals surface area contributed by atoms with Crippen molar-refractivity contribution in [2.45, 2.75) is 32.1 Å². The molecule has 1 aromatic heterocycles. The Labute approximate surface area is 159 Å². The summed E-state index contributed by atoms with van der Waals surface area (Å²) < 4.78 is 0. The van der Waals surface area contributed by atoms with Crippen LogP contribution in [0.5, 0.6) is 0 Å². The van der Waals surface area contributed by atoms with E-state index in [0.717, 1.165) is 56.8 Å². The van der Waals surface area contributed by atoms with E-state index < -0.39 is 0 Å². The maximum Gasteiger partial charge on any atom is 0.135 e. The number of nitrogens with one attached hydrogen (secondary N) is 2. The maximum absolute atomic E-state index is 7.83. The highest BCUT2D eigenvalue weighted by Gasteiger charge is 2.48. The number of anilines is 2. The summed E-state index contributed by atoms with van der Waals surface area (Å²) in [5, 5.41) is 11.2. The summed E-state index contributed by atoms with van der Waals surface area (Å²) in [5.41, 5.74) is 13.1. The Kier molecular flexibility index (Phi) is 3.72. The number of hydrogen-bond donors (Lipinski definition) is 3. The van der Waals surface area contributed by atoms with E-state index in [1.807, 2.05) is 6.07 Å². The first-order chi connectivity index (χ1) is 13.1. The van der Waals surface area contributed by atoms with E-state index in [2.05, 4.69) is 33.2 Å². The van der Waals surface area contributed by atoms with Crippen LogP contribution < -0.4 is 16.0 Å². The number of rotatable bonds is 3. The molecule has 0 saturated carbocycles. The lowest BCUT2D eigenvalue weighted by molar-refractivity contribution is 0.120. The van der Waals surface area contributed by atoms with Crippen LogP contribution in [0.3, 0.4) is 0 Å². The van der Waals surface area contributed by atoms with Crippen LogP contribution in [0.1, 0.15) is 40.3 Å². The highest BCUT2D eigenvalue weighted by Crippen LogP contribution is 2.42. The number of benzene rings is 1. The van der Waals surface area contributed by atoms with Crippen LogP contribution in [-0.4, -0.2) is 42.4 Å². The fraction of sp³-hybridized carbons (Fsp3) is 0.476. The predicted molar refractivity (Wildman–Crippen MR) is 108 cm³/mol. The summed E-state index contributed by atoms with van der Waals surface area (Å²) in [6.07, 6.45) is 6.08. The normalized spacial score (nSPS) is 22.7. The molecule has 2 aliphatic heterocycles. The van der Waals surface area contributed by atoms with Crippen molar-refractivity contribution in [2.75, 3.05) is 36.8 Å². The topological polar surface area (TPSA) is 90.9 Å². The van der Waals surface area contributed by atoms with E-state index in [0.29, 0.717) is 17.0 Å². The summed E-state index contributed by atoms with van der Waals surface area (Å²) in [6.45, 7) is 6.62. The Hall–Kier alpha value is -2.47. The number of fused-ring (bicyclic) bond motifs is 1. The van der Waals surface area contributed by atoms with E-state index in [-0.39, 0.29) is 0 Å². The molecule has 1 aliphatic carbocycles. The number of hydrogen-bond acceptors (Lipinski definition) is 6. The van der Waals surface area contributed by atoms with E-state index in [4.69, 9.17) is 11.1 Å². The van der Waals surface area contributed by atoms with Crippen LogP contribution in [0.15, 0.2) is 18.5 Å². The smallest absolute Gasteiger partial charge is 0.135 e. The van der Waals surface area contributed by atoms with Crippen molar-refractivity contribution in [1.29, 1.82) is 5.41 Å². The van der Waals surface area contributed by atoms with E-state index in [1.165, 1.54) is 28.6 Å². The summed E-state index contributed by atoms with van der Waals surface area (Å²) >= 11 is 0. The van der Waals surface area contributed by atoms with Crippen LogP contribution >= 0.6 is 0 Å². The molecule has 0 radical (unpaired) electrons. The zero-order valence-corrected chi connectivity index (χ0v) is 15.8. The van der Waals surface area contributed by atoms with Gasteiger partial charge in [-0.15, -0.1) is 0 Å². The molecule has 6 nitrogen and oxygen atoms in total. The van der Waals surface area contributed by atoms with Gasteiger partial charge >= 0.3 is 0 Å². The van der Waals surface area contributed by atoms with E-state index in [1.54, 1.807) is 6.33 Å². The molecule has 4 N–H and O–H groups in total. The molecule has 6 heteroatoms. The first-order valence-electron chi connectivity index (χ1n) is 9.78. The molecular formula is C21H26N6. The van der Waals surface area contributed by atoms with Crippen molar-refractivity contribution in [2.24, 2.45) is 5.41 Å². The van der Waals surface area contributed by atoms with Crippen molar-refractivity contribution >= 4 is 17.7 Å². The first-order valence-corrected chi connectivity index (χ1v) is 9.78. The van der Waals surface area contributed by atoms with Crippen molar-refractivity contribution in [3.63, 3.8) is 0 Å². The minimum Gasteiger partial charge on any atom is -0.398 e. The molecule has 0 amide bonds. The van der Waals surface area contributed by atoms with Crippen LogP contribution in [0.4, 0.5) is 11.5 Å². The third kappa shape index (κ3) is 2.54. The number of nitrogens with zero attached hydrogens (tertiary/aromatic N) is 3. The maximum atomic E-state index is 7.83. The highest BCUT2D eigenvalue weighted by atomic mass is 15.3. The Bertz CT molecular complexity index is 909. The average molecular weight is 362 g/mol. The molecule has 27 heavy (non-hydrogen) atoms. The molecule has 2 aromatic rings. The van der Waals surface area contributed by atoms with Gasteiger partial charge in [0.1, 0.15) is 12.1 Å². The summed E-state index contributed by atoms with van der Waals surface area (Å²) in [5.74, 6) is 1.51. The van der Waals surface area contributed by atoms with Crippen LogP contribution in [0.2, 0.25) is 0 Å². The van der Waals surface area contributed by atoms with Crippen molar-refractivity contribution in [3.05, 3.63) is 46.4 Å². The fourth-order valence-corrected chi connectivity index (χ4v) is 5.12. The number of aromatic nitrogens is 2. The van der Waals surface area contributed by atoms with Crippen molar-refractivity contribution < 1.29 is 0 Å². The fourth-order valence-electron chi connectivity index (χ4n) is 5.12. The third-order valence-electron chi connectivity index (χ3n) is 6.64. The number of nitrogen functional groups attached to an aromatic ring is 1. The van der Waals surface area contributed by atoms with E-state index >= 15 is 0 Å². The third-order valence-corrected chi connectivity index (χ3v) is 6.64.